The number of carbonyl (C=O) groups excluding carboxylic acids is 3. The fraction of sp³-hybridized carbons (Fsp3) is 0.333. The first-order valence-electron chi connectivity index (χ1n) is 10.9. The molecule has 0 heterocycles. The fourth-order valence-corrected chi connectivity index (χ4v) is 3.56. The van der Waals surface area contributed by atoms with Gasteiger partial charge in [-0.15, -0.1) is 0 Å². The molecule has 0 aromatic heterocycles. The van der Waals surface area contributed by atoms with Crippen LogP contribution in [-0.2, 0) is 30.3 Å². The third kappa shape index (κ3) is 8.22. The van der Waals surface area contributed by atoms with Crippen LogP contribution in [-0.4, -0.2) is 52.5 Å². The van der Waals surface area contributed by atoms with E-state index in [1.807, 2.05) is 0 Å². The minimum atomic E-state index is -1.58. The summed E-state index contributed by atoms with van der Waals surface area (Å²) in [6.45, 7) is 2.90. The van der Waals surface area contributed by atoms with Crippen LogP contribution in [0.2, 0.25) is 0 Å². The summed E-state index contributed by atoms with van der Waals surface area (Å²) in [4.78, 5) is 59.6. The van der Waals surface area contributed by atoms with Crippen molar-refractivity contribution in [3.8, 4) is 0 Å². The standard InChI is InChI=1S/C24H27N3O8/c1-3-35-21(29)14-19(17-9-11-18(12-10-17)27(33)34)22(24(31)32)26-23(30)20(25-15(2)28)13-16-7-5-4-6-8-16/h4-12,19-20,22H,3,13-14H2,1-2H3,(H,25,28)(H,26,30)(H,31,32)/t19-,20+,22-/m1/s1. The molecule has 3 N–H and O–H groups in total. The van der Waals surface area contributed by atoms with Crippen molar-refractivity contribution < 1.29 is 33.9 Å². The van der Waals surface area contributed by atoms with Crippen LogP contribution in [0.25, 0.3) is 0 Å². The second kappa shape index (κ2) is 12.8. The third-order valence-corrected chi connectivity index (χ3v) is 5.17. The highest BCUT2D eigenvalue weighted by molar-refractivity contribution is 5.91. The van der Waals surface area contributed by atoms with E-state index in [9.17, 15) is 34.4 Å². The Bertz CT molecular complexity index is 1060. The highest BCUT2D eigenvalue weighted by atomic mass is 16.6. The molecule has 0 aliphatic carbocycles. The van der Waals surface area contributed by atoms with Crippen molar-refractivity contribution in [3.63, 3.8) is 0 Å². The summed E-state index contributed by atoms with van der Waals surface area (Å²) < 4.78 is 4.96. The molecule has 2 rings (SSSR count). The van der Waals surface area contributed by atoms with Gasteiger partial charge in [0.05, 0.1) is 18.0 Å². The van der Waals surface area contributed by atoms with Gasteiger partial charge in [-0.25, -0.2) is 4.79 Å². The Hall–Kier alpha value is -4.28. The first-order valence-corrected chi connectivity index (χ1v) is 10.9. The van der Waals surface area contributed by atoms with Crippen molar-refractivity contribution in [1.29, 1.82) is 0 Å². The maximum Gasteiger partial charge on any atom is 0.326 e. The van der Waals surface area contributed by atoms with Gasteiger partial charge in [-0.3, -0.25) is 24.5 Å². The smallest absolute Gasteiger partial charge is 0.326 e. The van der Waals surface area contributed by atoms with Crippen LogP contribution >= 0.6 is 0 Å². The number of carboxylic acids is 1. The van der Waals surface area contributed by atoms with Crippen LogP contribution in [0, 0.1) is 10.1 Å². The lowest BCUT2D eigenvalue weighted by Crippen LogP contribution is -2.54. The second-order valence-electron chi connectivity index (χ2n) is 7.73. The van der Waals surface area contributed by atoms with Gasteiger partial charge in [-0.05, 0) is 18.1 Å². The Labute approximate surface area is 201 Å². The highest BCUT2D eigenvalue weighted by Gasteiger charge is 2.35. The summed E-state index contributed by atoms with van der Waals surface area (Å²) in [6.07, 6.45) is -0.287. The zero-order valence-corrected chi connectivity index (χ0v) is 19.3. The molecule has 0 bridgehead atoms. The van der Waals surface area contributed by atoms with E-state index in [1.165, 1.54) is 31.2 Å². The Morgan fingerprint density at radius 2 is 1.66 bits per heavy atom. The normalized spacial score (nSPS) is 13.1. The van der Waals surface area contributed by atoms with Crippen LogP contribution in [0.3, 0.4) is 0 Å². The highest BCUT2D eigenvalue weighted by Crippen LogP contribution is 2.27. The number of hydrogen-bond donors (Lipinski definition) is 3. The number of esters is 1. The zero-order valence-electron chi connectivity index (χ0n) is 19.3. The molecule has 11 heteroatoms. The van der Waals surface area contributed by atoms with Crippen molar-refractivity contribution in [1.82, 2.24) is 10.6 Å². The molecule has 0 spiro atoms. The minimum Gasteiger partial charge on any atom is -0.480 e. The molecule has 0 aliphatic rings. The van der Waals surface area contributed by atoms with E-state index in [0.717, 1.165) is 5.56 Å². The number of hydrogen-bond acceptors (Lipinski definition) is 7. The molecule has 2 amide bonds. The number of nitro groups is 1. The van der Waals surface area contributed by atoms with Crippen molar-refractivity contribution in [2.45, 2.75) is 44.7 Å². The molecule has 0 aliphatic heterocycles. The maximum absolute atomic E-state index is 13.1. The lowest BCUT2D eigenvalue weighted by Gasteiger charge is -2.27. The van der Waals surface area contributed by atoms with E-state index in [-0.39, 0.29) is 24.3 Å². The summed E-state index contributed by atoms with van der Waals surface area (Å²) >= 11 is 0. The number of carbonyl (C=O) groups is 4. The van der Waals surface area contributed by atoms with Crippen molar-refractivity contribution >= 4 is 29.4 Å². The van der Waals surface area contributed by atoms with Gasteiger partial charge in [0.15, 0.2) is 0 Å². The number of nitro benzene ring substituents is 1. The predicted molar refractivity (Wildman–Crippen MR) is 124 cm³/mol. The van der Waals surface area contributed by atoms with E-state index < -0.39 is 53.1 Å². The fourth-order valence-electron chi connectivity index (χ4n) is 3.56. The zero-order chi connectivity index (χ0) is 26.0. The Morgan fingerprint density at radius 1 is 1.03 bits per heavy atom. The summed E-state index contributed by atoms with van der Waals surface area (Å²) in [7, 11) is 0. The van der Waals surface area contributed by atoms with Crippen LogP contribution in [0.15, 0.2) is 54.6 Å². The van der Waals surface area contributed by atoms with Crippen LogP contribution in [0.1, 0.15) is 37.3 Å². The topological polar surface area (TPSA) is 165 Å². The minimum absolute atomic E-state index is 0.0671. The van der Waals surface area contributed by atoms with Crippen molar-refractivity contribution in [2.24, 2.45) is 0 Å². The number of non-ortho nitro benzene ring substituents is 1. The summed E-state index contributed by atoms with van der Waals surface area (Å²) in [5.41, 5.74) is 0.815. The molecule has 35 heavy (non-hydrogen) atoms. The molecule has 11 nitrogen and oxygen atoms in total. The Kier molecular flexibility index (Phi) is 9.88. The van der Waals surface area contributed by atoms with E-state index in [4.69, 9.17) is 4.74 Å². The van der Waals surface area contributed by atoms with Gasteiger partial charge in [0.2, 0.25) is 11.8 Å². The Morgan fingerprint density at radius 3 is 2.17 bits per heavy atom. The third-order valence-electron chi connectivity index (χ3n) is 5.17. The van der Waals surface area contributed by atoms with Gasteiger partial charge >= 0.3 is 11.9 Å². The van der Waals surface area contributed by atoms with Gasteiger partial charge in [0, 0.05) is 31.4 Å². The molecular formula is C24H27N3O8. The second-order valence-corrected chi connectivity index (χ2v) is 7.73. The molecule has 2 aromatic rings. The van der Waals surface area contributed by atoms with Crippen LogP contribution in [0.5, 0.6) is 0 Å². The van der Waals surface area contributed by atoms with Gasteiger partial charge in [-0.1, -0.05) is 42.5 Å². The maximum atomic E-state index is 13.1. The number of nitrogens with one attached hydrogen (secondary N) is 2. The Balaban J connectivity index is 2.36. The first kappa shape index (κ1) is 27.0. The van der Waals surface area contributed by atoms with Crippen LogP contribution < -0.4 is 10.6 Å². The number of benzene rings is 2. The monoisotopic (exact) mass is 485 g/mol. The molecule has 3 atom stereocenters. The molecule has 0 radical (unpaired) electrons. The lowest BCUT2D eigenvalue weighted by atomic mass is 9.88. The number of ether oxygens (including phenoxy) is 1. The number of nitrogens with zero attached hydrogens (tertiary/aromatic N) is 1. The van der Waals surface area contributed by atoms with E-state index in [2.05, 4.69) is 10.6 Å². The van der Waals surface area contributed by atoms with Gasteiger partial charge in [0.1, 0.15) is 12.1 Å². The SMILES string of the molecule is CCOC(=O)C[C@H](c1ccc([N+](=O)[O-])cc1)[C@@H](NC(=O)[C@H](Cc1ccccc1)NC(C)=O)C(=O)O. The summed E-state index contributed by atoms with van der Waals surface area (Å²) in [5.74, 6) is -4.45. The molecule has 0 saturated heterocycles. The van der Waals surface area contributed by atoms with Gasteiger partial charge in [-0.2, -0.15) is 0 Å². The summed E-state index contributed by atoms with van der Waals surface area (Å²) in [6, 6.07) is 11.2. The lowest BCUT2D eigenvalue weighted by molar-refractivity contribution is -0.384. The van der Waals surface area contributed by atoms with Gasteiger partial charge in [0.25, 0.3) is 5.69 Å². The van der Waals surface area contributed by atoms with E-state index in [0.29, 0.717) is 0 Å². The average Bonchev–Trinajstić information content (AvgIpc) is 2.81. The molecule has 0 unspecified atom stereocenters. The predicted octanol–water partition coefficient (Wildman–Crippen LogP) is 1.95. The molecule has 0 fully saturated rings. The number of carboxylic acid groups (broad SMARTS) is 1. The average molecular weight is 485 g/mol. The van der Waals surface area contributed by atoms with Crippen LogP contribution in [0.4, 0.5) is 5.69 Å². The molecule has 0 saturated carbocycles. The molecule has 2 aromatic carbocycles. The largest absolute Gasteiger partial charge is 0.480 e. The number of aliphatic carboxylic acids is 1. The molecular weight excluding hydrogens is 458 g/mol. The number of amides is 2. The first-order chi connectivity index (χ1) is 16.6. The quantitative estimate of drug-likeness (QED) is 0.233. The van der Waals surface area contributed by atoms with Crippen molar-refractivity contribution in [2.75, 3.05) is 6.61 Å². The van der Waals surface area contributed by atoms with E-state index >= 15 is 0 Å². The van der Waals surface area contributed by atoms with Crippen molar-refractivity contribution in [3.05, 3.63) is 75.8 Å². The van der Waals surface area contributed by atoms with Gasteiger partial charge < -0.3 is 20.5 Å². The van der Waals surface area contributed by atoms with E-state index in [1.54, 1.807) is 37.3 Å². The summed E-state index contributed by atoms with van der Waals surface area (Å²) in [5, 5.41) is 25.9. The number of rotatable bonds is 12. The molecule has 186 valence electrons.